The standard InChI is InChI=1S/C17H24FN3O2/c18-13-9-14(10-20-16(22)8-12-4-1-2-5-12)21(11-13)17(23)15-6-3-7-19-15/h3,6-7,12-14,19H,1-2,4-5,8-11H2,(H,20,22)/t13-,14-/m0/s1. The Morgan fingerprint density at radius 1 is 1.35 bits per heavy atom. The second-order valence-electron chi connectivity index (χ2n) is 6.69. The van der Waals surface area contributed by atoms with E-state index in [1.807, 2.05) is 0 Å². The largest absolute Gasteiger partial charge is 0.357 e. The number of rotatable bonds is 5. The molecule has 0 unspecified atom stereocenters. The van der Waals surface area contributed by atoms with Gasteiger partial charge in [-0.2, -0.15) is 0 Å². The van der Waals surface area contributed by atoms with Gasteiger partial charge in [-0.25, -0.2) is 4.39 Å². The Morgan fingerprint density at radius 2 is 2.13 bits per heavy atom. The molecule has 23 heavy (non-hydrogen) atoms. The molecular weight excluding hydrogens is 297 g/mol. The van der Waals surface area contributed by atoms with E-state index in [0.29, 0.717) is 24.6 Å². The molecule has 0 bridgehead atoms. The van der Waals surface area contributed by atoms with E-state index in [2.05, 4.69) is 10.3 Å². The van der Waals surface area contributed by atoms with E-state index < -0.39 is 6.17 Å². The van der Waals surface area contributed by atoms with Gasteiger partial charge in [0.05, 0.1) is 12.6 Å². The number of nitrogens with zero attached hydrogens (tertiary/aromatic N) is 1. The van der Waals surface area contributed by atoms with Crippen LogP contribution < -0.4 is 5.32 Å². The predicted octanol–water partition coefficient (Wildman–Crippen LogP) is 2.26. The Balaban J connectivity index is 1.52. The Labute approximate surface area is 135 Å². The van der Waals surface area contributed by atoms with Gasteiger partial charge >= 0.3 is 0 Å². The number of H-pyrrole nitrogens is 1. The van der Waals surface area contributed by atoms with E-state index in [0.717, 1.165) is 12.8 Å². The van der Waals surface area contributed by atoms with E-state index in [1.165, 1.54) is 17.7 Å². The van der Waals surface area contributed by atoms with Crippen LogP contribution in [0.5, 0.6) is 0 Å². The summed E-state index contributed by atoms with van der Waals surface area (Å²) >= 11 is 0. The van der Waals surface area contributed by atoms with Gasteiger partial charge in [-0.3, -0.25) is 9.59 Å². The first-order chi connectivity index (χ1) is 11.1. The number of aromatic amines is 1. The van der Waals surface area contributed by atoms with Crippen molar-refractivity contribution in [3.63, 3.8) is 0 Å². The Morgan fingerprint density at radius 3 is 2.83 bits per heavy atom. The normalized spacial score (nSPS) is 25.0. The van der Waals surface area contributed by atoms with Crippen LogP contribution in [0.15, 0.2) is 18.3 Å². The SMILES string of the molecule is O=C(CC1CCCC1)NC[C@@H]1C[C@H](F)CN1C(=O)c1ccc[nH]1. The number of nitrogens with one attached hydrogen (secondary N) is 2. The zero-order chi connectivity index (χ0) is 16.2. The molecule has 2 heterocycles. The lowest BCUT2D eigenvalue weighted by Gasteiger charge is -2.24. The first-order valence-corrected chi connectivity index (χ1v) is 8.48. The number of amides is 2. The number of alkyl halides is 1. The fourth-order valence-corrected chi connectivity index (χ4v) is 3.70. The number of likely N-dealkylation sites (tertiary alicyclic amines) is 1. The lowest BCUT2D eigenvalue weighted by atomic mass is 10.0. The third-order valence-corrected chi connectivity index (χ3v) is 4.94. The molecular formula is C17H24FN3O2. The summed E-state index contributed by atoms with van der Waals surface area (Å²) in [6.07, 6.45) is 6.17. The third-order valence-electron chi connectivity index (χ3n) is 4.94. The molecule has 1 aliphatic heterocycles. The van der Waals surface area contributed by atoms with E-state index in [4.69, 9.17) is 0 Å². The van der Waals surface area contributed by atoms with Crippen LogP contribution in [0.1, 0.15) is 49.0 Å². The Hall–Kier alpha value is -1.85. The Bertz CT molecular complexity index is 540. The molecule has 1 aromatic rings. The van der Waals surface area contributed by atoms with E-state index in [9.17, 15) is 14.0 Å². The van der Waals surface area contributed by atoms with Crippen LogP contribution in [0.3, 0.4) is 0 Å². The summed E-state index contributed by atoms with van der Waals surface area (Å²) in [5.74, 6) is 0.306. The molecule has 126 valence electrons. The maximum absolute atomic E-state index is 13.8. The highest BCUT2D eigenvalue weighted by atomic mass is 19.1. The zero-order valence-corrected chi connectivity index (χ0v) is 13.3. The summed E-state index contributed by atoms with van der Waals surface area (Å²) in [6.45, 7) is 0.430. The van der Waals surface area contributed by atoms with Crippen molar-refractivity contribution in [2.75, 3.05) is 13.1 Å². The first-order valence-electron chi connectivity index (χ1n) is 8.48. The number of aromatic nitrogens is 1. The lowest BCUT2D eigenvalue weighted by Crippen LogP contribution is -2.43. The molecule has 2 atom stereocenters. The second-order valence-corrected chi connectivity index (χ2v) is 6.69. The number of halogens is 1. The van der Waals surface area contributed by atoms with Gasteiger partial charge in [0, 0.05) is 25.6 Å². The van der Waals surface area contributed by atoms with E-state index in [1.54, 1.807) is 18.3 Å². The molecule has 2 aliphatic rings. The molecule has 1 saturated heterocycles. The van der Waals surface area contributed by atoms with E-state index in [-0.39, 0.29) is 30.8 Å². The summed E-state index contributed by atoms with van der Waals surface area (Å²) in [6, 6.07) is 3.16. The highest BCUT2D eigenvalue weighted by Gasteiger charge is 2.36. The minimum atomic E-state index is -1.02. The zero-order valence-electron chi connectivity index (χ0n) is 13.3. The van der Waals surface area contributed by atoms with Crippen molar-refractivity contribution >= 4 is 11.8 Å². The van der Waals surface area contributed by atoms with Gasteiger partial charge in [-0.1, -0.05) is 12.8 Å². The van der Waals surface area contributed by atoms with Crippen molar-refractivity contribution in [2.24, 2.45) is 5.92 Å². The molecule has 0 aromatic carbocycles. The fourth-order valence-electron chi connectivity index (χ4n) is 3.70. The van der Waals surface area contributed by atoms with Crippen molar-refractivity contribution in [2.45, 2.75) is 50.7 Å². The third kappa shape index (κ3) is 3.92. The molecule has 6 heteroatoms. The number of hydrogen-bond acceptors (Lipinski definition) is 2. The van der Waals surface area contributed by atoms with Crippen LogP contribution in [-0.4, -0.2) is 47.0 Å². The van der Waals surface area contributed by atoms with Crippen LogP contribution in [0.4, 0.5) is 4.39 Å². The first kappa shape index (κ1) is 16.0. The molecule has 5 nitrogen and oxygen atoms in total. The van der Waals surface area contributed by atoms with Gasteiger partial charge in [0.2, 0.25) is 5.91 Å². The Kier molecular flexibility index (Phi) is 4.98. The van der Waals surface area contributed by atoms with Crippen LogP contribution in [0, 0.1) is 5.92 Å². The summed E-state index contributed by atoms with van der Waals surface area (Å²) in [5, 5.41) is 2.89. The second kappa shape index (κ2) is 7.15. The van der Waals surface area contributed by atoms with Crippen LogP contribution in [-0.2, 0) is 4.79 Å². The van der Waals surface area contributed by atoms with Gasteiger partial charge in [0.1, 0.15) is 11.9 Å². The molecule has 2 amide bonds. The van der Waals surface area contributed by atoms with Crippen LogP contribution in [0.2, 0.25) is 0 Å². The molecule has 1 saturated carbocycles. The van der Waals surface area contributed by atoms with Gasteiger partial charge in [-0.05, 0) is 30.9 Å². The van der Waals surface area contributed by atoms with Gasteiger partial charge in [-0.15, -0.1) is 0 Å². The monoisotopic (exact) mass is 321 g/mol. The number of carbonyl (C=O) groups excluding carboxylic acids is 2. The minimum Gasteiger partial charge on any atom is -0.357 e. The number of hydrogen-bond donors (Lipinski definition) is 2. The molecule has 0 spiro atoms. The van der Waals surface area contributed by atoms with Crippen molar-refractivity contribution in [3.05, 3.63) is 24.0 Å². The van der Waals surface area contributed by atoms with Crippen LogP contribution >= 0.6 is 0 Å². The molecule has 2 fully saturated rings. The van der Waals surface area contributed by atoms with Crippen molar-refractivity contribution in [1.82, 2.24) is 15.2 Å². The van der Waals surface area contributed by atoms with Crippen LogP contribution in [0.25, 0.3) is 0 Å². The average Bonchev–Trinajstić information content (AvgIpc) is 3.26. The molecule has 1 aromatic heterocycles. The quantitative estimate of drug-likeness (QED) is 0.874. The van der Waals surface area contributed by atoms with E-state index >= 15 is 0 Å². The topological polar surface area (TPSA) is 65.2 Å². The fraction of sp³-hybridized carbons (Fsp3) is 0.647. The summed E-state index contributed by atoms with van der Waals surface area (Å²) < 4.78 is 13.8. The predicted molar refractivity (Wildman–Crippen MR) is 84.7 cm³/mol. The van der Waals surface area contributed by atoms with Crippen molar-refractivity contribution in [1.29, 1.82) is 0 Å². The van der Waals surface area contributed by atoms with Gasteiger partial charge < -0.3 is 15.2 Å². The molecule has 0 radical (unpaired) electrons. The number of carbonyl (C=O) groups is 2. The maximum atomic E-state index is 13.8. The van der Waals surface area contributed by atoms with Gasteiger partial charge in [0.15, 0.2) is 0 Å². The van der Waals surface area contributed by atoms with Gasteiger partial charge in [0.25, 0.3) is 5.91 Å². The molecule has 2 N–H and O–H groups in total. The highest BCUT2D eigenvalue weighted by Crippen LogP contribution is 2.27. The highest BCUT2D eigenvalue weighted by molar-refractivity contribution is 5.93. The lowest BCUT2D eigenvalue weighted by molar-refractivity contribution is -0.122. The smallest absolute Gasteiger partial charge is 0.270 e. The molecule has 1 aliphatic carbocycles. The summed E-state index contributed by atoms with van der Waals surface area (Å²) in [5.41, 5.74) is 0.460. The summed E-state index contributed by atoms with van der Waals surface area (Å²) in [4.78, 5) is 28.8. The maximum Gasteiger partial charge on any atom is 0.270 e. The van der Waals surface area contributed by atoms with Crippen molar-refractivity contribution < 1.29 is 14.0 Å². The average molecular weight is 321 g/mol. The molecule has 3 rings (SSSR count). The minimum absolute atomic E-state index is 0.0199. The summed E-state index contributed by atoms with van der Waals surface area (Å²) in [7, 11) is 0. The van der Waals surface area contributed by atoms with Crippen molar-refractivity contribution in [3.8, 4) is 0 Å².